The summed E-state index contributed by atoms with van der Waals surface area (Å²) in [5, 5.41) is 17.3. The molecule has 12 rings (SSSR count). The number of fused-ring (bicyclic) bond motifs is 3. The van der Waals surface area contributed by atoms with E-state index in [0.717, 1.165) is 82.9 Å². The van der Waals surface area contributed by atoms with Crippen molar-refractivity contribution in [2.75, 3.05) is 0 Å². The van der Waals surface area contributed by atoms with Gasteiger partial charge in [0.1, 0.15) is 5.52 Å². The average molecular weight is 1300 g/mol. The van der Waals surface area contributed by atoms with Crippen LogP contribution in [0.25, 0.3) is 54.6 Å². The number of nitrogens with zero attached hydrogens (tertiary/aromatic N) is 11. The van der Waals surface area contributed by atoms with Crippen molar-refractivity contribution in [3.8, 4) is 33.8 Å². The minimum atomic E-state index is -3.87. The summed E-state index contributed by atoms with van der Waals surface area (Å²) in [6.45, 7) is 5.63. The monoisotopic (exact) mass is 1300 g/mol. The maximum Gasteiger partial charge on any atom is 0.282 e. The van der Waals surface area contributed by atoms with Gasteiger partial charge in [0.05, 0.1) is 101 Å². The van der Waals surface area contributed by atoms with Crippen molar-refractivity contribution in [3.63, 3.8) is 0 Å². The van der Waals surface area contributed by atoms with Gasteiger partial charge in [-0.25, -0.2) is 40.7 Å². The van der Waals surface area contributed by atoms with E-state index < -0.39 is 29.1 Å². The SMILES string of the molecule is C1=Cc2nc(-c3cn[nH]c3)cnc2C1.Cc1ccc(S(=O)(=O)Cl)cc1.Cc1ccc(S(=O)(=O)n2cc(-c3cnc4c(n3)c(I)cn4S(=O)(=O)c3ccc(C)cc3)cn2)cc1.IC1=CCc2ncc(-c3cn[nH]c3)nc21. The van der Waals surface area contributed by atoms with Crippen LogP contribution in [0.15, 0.2) is 162 Å². The Labute approximate surface area is 462 Å². The van der Waals surface area contributed by atoms with Crippen LogP contribution in [0, 0.1) is 24.3 Å². The Morgan fingerprint density at radius 1 is 0.573 bits per heavy atom. The molecule has 0 saturated carbocycles. The Kier molecular flexibility index (Phi) is 15.7. The van der Waals surface area contributed by atoms with Crippen LogP contribution in [-0.2, 0) is 41.9 Å². The first-order valence-corrected chi connectivity index (χ1v) is 29.7. The van der Waals surface area contributed by atoms with Gasteiger partial charge in [0, 0.05) is 62.4 Å². The van der Waals surface area contributed by atoms with Gasteiger partial charge >= 0.3 is 0 Å². The Hall–Kier alpha value is -6.85. The van der Waals surface area contributed by atoms with E-state index in [0.29, 0.717) is 20.3 Å². The molecule has 0 fully saturated rings. The van der Waals surface area contributed by atoms with Crippen molar-refractivity contribution in [2.24, 2.45) is 0 Å². The number of hydrogen-bond acceptors (Lipinski definition) is 15. The number of allylic oxidation sites excluding steroid dienone is 2. The highest BCUT2D eigenvalue weighted by Gasteiger charge is 2.24. The highest BCUT2D eigenvalue weighted by Crippen LogP contribution is 2.32. The van der Waals surface area contributed by atoms with Gasteiger partial charge in [-0.3, -0.25) is 20.2 Å². The largest absolute Gasteiger partial charge is 0.285 e. The second kappa shape index (κ2) is 22.2. The van der Waals surface area contributed by atoms with Crippen LogP contribution in [0.2, 0.25) is 0 Å². The maximum atomic E-state index is 13.2. The smallest absolute Gasteiger partial charge is 0.282 e. The molecule has 0 spiro atoms. The van der Waals surface area contributed by atoms with Crippen molar-refractivity contribution in [1.29, 1.82) is 0 Å². The van der Waals surface area contributed by atoms with Gasteiger partial charge in [-0.15, -0.1) is 0 Å². The molecule has 7 heterocycles. The molecule has 25 heteroatoms. The van der Waals surface area contributed by atoms with Crippen molar-refractivity contribution in [2.45, 2.75) is 48.3 Å². The molecule has 0 aliphatic heterocycles. The van der Waals surface area contributed by atoms with Crippen molar-refractivity contribution in [3.05, 3.63) is 190 Å². The molecule has 0 atom stereocenters. The lowest BCUT2D eigenvalue weighted by atomic mass is 10.2. The van der Waals surface area contributed by atoms with Crippen LogP contribution in [0.5, 0.6) is 0 Å². The predicted octanol–water partition coefficient (Wildman–Crippen LogP) is 9.55. The van der Waals surface area contributed by atoms with Gasteiger partial charge in [-0.1, -0.05) is 65.2 Å². The molecule has 10 aromatic rings. The summed E-state index contributed by atoms with van der Waals surface area (Å²) in [5.74, 6) is 0. The molecule has 2 aliphatic rings. The third kappa shape index (κ3) is 12.0. The van der Waals surface area contributed by atoms with Crippen LogP contribution in [0.3, 0.4) is 0 Å². The van der Waals surface area contributed by atoms with E-state index in [2.05, 4.69) is 90.1 Å². The third-order valence-electron chi connectivity index (χ3n) is 11.3. The second-order valence-corrected chi connectivity index (χ2v) is 25.2. The molecule has 2 aliphatic carbocycles. The van der Waals surface area contributed by atoms with E-state index in [1.165, 1.54) is 52.6 Å². The Morgan fingerprint density at radius 2 is 1.11 bits per heavy atom. The molecule has 0 saturated heterocycles. The molecule has 0 radical (unpaired) electrons. The Balaban J connectivity index is 0.000000140. The van der Waals surface area contributed by atoms with Gasteiger partial charge < -0.3 is 0 Å². The second-order valence-electron chi connectivity index (χ2n) is 16.7. The quantitative estimate of drug-likeness (QED) is 0.106. The first kappa shape index (κ1) is 53.0. The van der Waals surface area contributed by atoms with E-state index in [1.54, 1.807) is 73.3 Å². The van der Waals surface area contributed by atoms with Crippen molar-refractivity contribution < 1.29 is 25.3 Å². The zero-order chi connectivity index (χ0) is 53.1. The summed E-state index contributed by atoms with van der Waals surface area (Å²) < 4.78 is 77.4. The zero-order valence-corrected chi connectivity index (χ0v) is 47.1. The average Bonchev–Trinajstić information content (AvgIpc) is 4.28. The fourth-order valence-corrected chi connectivity index (χ4v) is 11.9. The predicted molar refractivity (Wildman–Crippen MR) is 301 cm³/mol. The van der Waals surface area contributed by atoms with Crippen LogP contribution >= 0.6 is 55.9 Å². The Bertz CT molecular complexity index is 4120. The molecule has 7 aromatic heterocycles. The van der Waals surface area contributed by atoms with Crippen LogP contribution in [0.1, 0.15) is 39.5 Å². The number of nitrogens with one attached hydrogen (secondary N) is 2. The number of aromatic amines is 2. The van der Waals surface area contributed by atoms with Crippen molar-refractivity contribution >= 4 is 106 Å². The standard InChI is InChI=1S/C23H18IN5O4S2.C10H7IN4.C10H8N4.C7H7ClO2S/c1-15-3-7-18(8-4-15)34(30,31)28-14-20(24)22-23(28)25-12-21(27-22)17-11-26-29(13-17)35(32,33)19-9-5-16(2)6-10-19;11-7-1-2-8-10(7)15-9(5-12-8)6-3-13-14-4-6;1-2-8-9(3-1)14-10(6-11-8)7-4-12-13-5-7;1-6-2-4-7(5-3-6)11(8,9)10/h3-14H,1-2H3;1,3-5H,2H2,(H,13,14);1,3-6H,2H2,(H,12,13);2-5H,1H3. The van der Waals surface area contributed by atoms with Gasteiger partial charge in [-0.05, 0) is 108 Å². The highest BCUT2D eigenvalue weighted by atomic mass is 127. The van der Waals surface area contributed by atoms with Crippen molar-refractivity contribution in [1.82, 2.24) is 63.5 Å². The third-order valence-corrected chi connectivity index (χ3v) is 17.7. The summed E-state index contributed by atoms with van der Waals surface area (Å²) in [6.07, 6.45) is 24.3. The maximum absolute atomic E-state index is 13.2. The number of halogens is 3. The van der Waals surface area contributed by atoms with E-state index in [-0.39, 0.29) is 20.3 Å². The number of hydrogen-bond donors (Lipinski definition) is 2. The molecule has 3 aromatic carbocycles. The molecular formula is C50H40ClI2N13O6S3. The summed E-state index contributed by atoms with van der Waals surface area (Å²) in [5.41, 5.74) is 12.0. The number of H-pyrrole nitrogens is 2. The van der Waals surface area contributed by atoms with E-state index in [1.807, 2.05) is 61.8 Å². The fourth-order valence-electron chi connectivity index (χ4n) is 7.26. The molecular weight excluding hydrogens is 1260 g/mol. The molecule has 380 valence electrons. The number of rotatable bonds is 8. The summed E-state index contributed by atoms with van der Waals surface area (Å²) >= 11 is 4.30. The van der Waals surface area contributed by atoms with Gasteiger partial charge in [0.15, 0.2) is 5.65 Å². The Morgan fingerprint density at radius 3 is 1.68 bits per heavy atom. The van der Waals surface area contributed by atoms with E-state index in [9.17, 15) is 25.3 Å². The van der Waals surface area contributed by atoms with Crippen LogP contribution in [0.4, 0.5) is 0 Å². The fraction of sp³-hybridized carbons (Fsp3) is 0.100. The topological polar surface area (TPSA) is 260 Å². The molecule has 0 bridgehead atoms. The lowest BCUT2D eigenvalue weighted by Gasteiger charge is -2.07. The lowest BCUT2D eigenvalue weighted by Crippen LogP contribution is -2.13. The van der Waals surface area contributed by atoms with Gasteiger partial charge in [0.25, 0.3) is 29.1 Å². The van der Waals surface area contributed by atoms with Crippen LogP contribution in [-0.4, -0.2) is 88.7 Å². The molecule has 0 amide bonds. The summed E-state index contributed by atoms with van der Waals surface area (Å²) in [4.78, 5) is 27.1. The van der Waals surface area contributed by atoms with Gasteiger partial charge in [-0.2, -0.15) is 27.8 Å². The molecule has 19 nitrogen and oxygen atoms in total. The normalized spacial score (nSPS) is 12.6. The van der Waals surface area contributed by atoms with E-state index in [4.69, 9.17) is 10.7 Å². The summed E-state index contributed by atoms with van der Waals surface area (Å²) in [7, 11) is -6.21. The summed E-state index contributed by atoms with van der Waals surface area (Å²) in [6, 6.07) is 19.4. The number of aryl methyl sites for hydroxylation is 3. The number of benzene rings is 3. The number of aromatic nitrogens is 13. The van der Waals surface area contributed by atoms with Crippen LogP contribution < -0.4 is 0 Å². The minimum Gasteiger partial charge on any atom is -0.285 e. The minimum absolute atomic E-state index is 0.118. The first-order chi connectivity index (χ1) is 35.8. The molecule has 2 N–H and O–H groups in total. The highest BCUT2D eigenvalue weighted by molar-refractivity contribution is 14.1. The lowest BCUT2D eigenvalue weighted by molar-refractivity contribution is 0.579. The first-order valence-electron chi connectivity index (χ1n) is 22.3. The van der Waals surface area contributed by atoms with E-state index >= 15 is 0 Å². The molecule has 0 unspecified atom stereocenters. The van der Waals surface area contributed by atoms with Gasteiger partial charge in [0.2, 0.25) is 0 Å². The zero-order valence-electron chi connectivity index (χ0n) is 39.6. The molecule has 75 heavy (non-hydrogen) atoms.